The molecule has 0 spiro atoms. The molecule has 126 valence electrons. The molecule has 0 saturated carbocycles. The number of aromatic nitrogens is 3. The van der Waals surface area contributed by atoms with Gasteiger partial charge >= 0.3 is 6.18 Å². The number of rotatable bonds is 7. The molecule has 0 N–H and O–H groups in total. The lowest BCUT2D eigenvalue weighted by atomic mass is 10.2. The van der Waals surface area contributed by atoms with E-state index in [4.69, 9.17) is 4.74 Å². The van der Waals surface area contributed by atoms with Crippen molar-refractivity contribution in [3.63, 3.8) is 0 Å². The van der Waals surface area contributed by atoms with Gasteiger partial charge in [-0.15, -0.1) is 10.2 Å². The predicted octanol–water partition coefficient (Wildman–Crippen LogP) is 2.65. The Morgan fingerprint density at radius 1 is 1.41 bits per heavy atom. The molecule has 0 aliphatic carbocycles. The van der Waals surface area contributed by atoms with Crippen LogP contribution in [0.2, 0.25) is 0 Å². The predicted molar refractivity (Wildman–Crippen MR) is 75.3 cm³/mol. The van der Waals surface area contributed by atoms with Crippen LogP contribution in [0, 0.1) is 5.92 Å². The minimum atomic E-state index is -4.26. The first-order chi connectivity index (χ1) is 10.4. The molecular weight excluding hydrogens is 297 g/mol. The van der Waals surface area contributed by atoms with Crippen molar-refractivity contribution in [2.45, 2.75) is 45.5 Å². The topological polar surface area (TPSA) is 43.2 Å². The van der Waals surface area contributed by atoms with Gasteiger partial charge in [-0.25, -0.2) is 0 Å². The molecule has 1 atom stereocenters. The Bertz CT molecular complexity index is 461. The maximum atomic E-state index is 12.1. The van der Waals surface area contributed by atoms with E-state index >= 15 is 0 Å². The highest BCUT2D eigenvalue weighted by Gasteiger charge is 2.31. The molecule has 5 nitrogen and oxygen atoms in total. The smallest absolute Gasteiger partial charge is 0.371 e. The van der Waals surface area contributed by atoms with E-state index in [1.807, 2.05) is 4.57 Å². The zero-order valence-electron chi connectivity index (χ0n) is 13.0. The van der Waals surface area contributed by atoms with Crippen molar-refractivity contribution in [1.82, 2.24) is 19.7 Å². The molecule has 0 aromatic carbocycles. The van der Waals surface area contributed by atoms with E-state index in [2.05, 4.69) is 28.9 Å². The highest BCUT2D eigenvalue weighted by atomic mass is 19.4. The van der Waals surface area contributed by atoms with E-state index in [0.29, 0.717) is 12.5 Å². The average molecular weight is 320 g/mol. The molecule has 1 aliphatic heterocycles. The quantitative estimate of drug-likeness (QED) is 0.725. The molecule has 0 radical (unpaired) electrons. The van der Waals surface area contributed by atoms with Gasteiger partial charge in [0.25, 0.3) is 0 Å². The van der Waals surface area contributed by atoms with E-state index < -0.39 is 12.8 Å². The van der Waals surface area contributed by atoms with Crippen molar-refractivity contribution in [3.05, 3.63) is 12.2 Å². The minimum absolute atomic E-state index is 0.0777. The Hall–Kier alpha value is -1.15. The number of halogens is 3. The van der Waals surface area contributed by atoms with Crippen LogP contribution in [0.3, 0.4) is 0 Å². The summed E-state index contributed by atoms with van der Waals surface area (Å²) in [6, 6.07) is 0.121. The maximum absolute atomic E-state index is 12.1. The van der Waals surface area contributed by atoms with Crippen LogP contribution in [0.4, 0.5) is 13.2 Å². The second-order valence-electron chi connectivity index (χ2n) is 6.10. The van der Waals surface area contributed by atoms with E-state index in [1.165, 1.54) is 0 Å². The fourth-order valence-corrected chi connectivity index (χ4v) is 2.81. The highest BCUT2D eigenvalue weighted by molar-refractivity contribution is 4.99. The van der Waals surface area contributed by atoms with Crippen molar-refractivity contribution in [2.75, 3.05) is 26.3 Å². The number of hydrogen-bond donors (Lipinski definition) is 0. The summed E-state index contributed by atoms with van der Waals surface area (Å²) in [6.45, 7) is 5.33. The van der Waals surface area contributed by atoms with Gasteiger partial charge in [0.15, 0.2) is 0 Å². The molecule has 1 aliphatic rings. The molecule has 1 unspecified atom stereocenters. The number of hydrogen-bond acceptors (Lipinski definition) is 4. The van der Waals surface area contributed by atoms with Crippen LogP contribution in [-0.2, 0) is 11.3 Å². The molecule has 1 saturated heterocycles. The lowest BCUT2D eigenvalue weighted by molar-refractivity contribution is -0.174. The second kappa shape index (κ2) is 7.41. The first-order valence-corrected chi connectivity index (χ1v) is 7.63. The van der Waals surface area contributed by atoms with Gasteiger partial charge in [0.05, 0.1) is 12.6 Å². The summed E-state index contributed by atoms with van der Waals surface area (Å²) in [5.41, 5.74) is 0. The van der Waals surface area contributed by atoms with Gasteiger partial charge in [-0.1, -0.05) is 13.8 Å². The SMILES string of the molecule is CC(C)Cn1cnnc1C1CCCN1CCOCC(F)(F)F. The number of ether oxygens (including phenoxy) is 1. The summed E-state index contributed by atoms with van der Waals surface area (Å²) in [5.74, 6) is 1.39. The fourth-order valence-electron chi connectivity index (χ4n) is 2.81. The highest BCUT2D eigenvalue weighted by Crippen LogP contribution is 2.30. The Labute approximate surface area is 128 Å². The Balaban J connectivity index is 1.89. The minimum Gasteiger partial charge on any atom is -0.371 e. The lowest BCUT2D eigenvalue weighted by Crippen LogP contribution is -2.30. The molecule has 1 fully saturated rings. The van der Waals surface area contributed by atoms with Crippen molar-refractivity contribution in [3.8, 4) is 0 Å². The third kappa shape index (κ3) is 4.95. The summed E-state index contributed by atoms with van der Waals surface area (Å²) >= 11 is 0. The van der Waals surface area contributed by atoms with Crippen LogP contribution in [0.5, 0.6) is 0 Å². The maximum Gasteiger partial charge on any atom is 0.411 e. The summed E-state index contributed by atoms with van der Waals surface area (Å²) in [6.07, 6.45) is -0.567. The molecule has 22 heavy (non-hydrogen) atoms. The lowest BCUT2D eigenvalue weighted by Gasteiger charge is -2.24. The Morgan fingerprint density at radius 2 is 2.18 bits per heavy atom. The van der Waals surface area contributed by atoms with Gasteiger partial charge in [-0.05, 0) is 25.3 Å². The summed E-state index contributed by atoms with van der Waals surface area (Å²) in [4.78, 5) is 2.14. The molecule has 8 heteroatoms. The fraction of sp³-hybridized carbons (Fsp3) is 0.857. The molecule has 0 amide bonds. The molecule has 1 aromatic heterocycles. The van der Waals surface area contributed by atoms with Crippen LogP contribution in [0.25, 0.3) is 0 Å². The number of alkyl halides is 3. The summed E-state index contributed by atoms with van der Waals surface area (Å²) in [5, 5.41) is 8.21. The first kappa shape index (κ1) is 17.2. The van der Waals surface area contributed by atoms with Gasteiger partial charge in [-0.2, -0.15) is 13.2 Å². The zero-order valence-corrected chi connectivity index (χ0v) is 13.0. The van der Waals surface area contributed by atoms with Crippen molar-refractivity contribution >= 4 is 0 Å². The molecular formula is C14H23F3N4O. The van der Waals surface area contributed by atoms with Crippen LogP contribution >= 0.6 is 0 Å². The van der Waals surface area contributed by atoms with Gasteiger partial charge in [-0.3, -0.25) is 4.90 Å². The number of likely N-dealkylation sites (tertiary alicyclic amines) is 1. The van der Waals surface area contributed by atoms with Crippen molar-refractivity contribution in [1.29, 1.82) is 0 Å². The summed E-state index contributed by atoms with van der Waals surface area (Å²) in [7, 11) is 0. The monoisotopic (exact) mass is 320 g/mol. The third-order valence-electron chi connectivity index (χ3n) is 3.66. The number of nitrogens with zero attached hydrogens (tertiary/aromatic N) is 4. The van der Waals surface area contributed by atoms with Crippen LogP contribution in [-0.4, -0.2) is 52.1 Å². The Kier molecular flexibility index (Phi) is 5.80. The van der Waals surface area contributed by atoms with Gasteiger partial charge in [0.2, 0.25) is 0 Å². The van der Waals surface area contributed by atoms with Gasteiger partial charge in [0.1, 0.15) is 18.8 Å². The van der Waals surface area contributed by atoms with Crippen LogP contribution < -0.4 is 0 Å². The van der Waals surface area contributed by atoms with Crippen molar-refractivity contribution in [2.24, 2.45) is 5.92 Å². The van der Waals surface area contributed by atoms with Gasteiger partial charge < -0.3 is 9.30 Å². The first-order valence-electron chi connectivity index (χ1n) is 7.63. The molecule has 2 rings (SSSR count). The van der Waals surface area contributed by atoms with Crippen LogP contribution in [0.15, 0.2) is 6.33 Å². The largest absolute Gasteiger partial charge is 0.411 e. The second-order valence-corrected chi connectivity index (χ2v) is 6.10. The normalized spacial score (nSPS) is 20.2. The molecule has 2 heterocycles. The van der Waals surface area contributed by atoms with E-state index in [-0.39, 0.29) is 12.6 Å². The van der Waals surface area contributed by atoms with Crippen molar-refractivity contribution < 1.29 is 17.9 Å². The van der Waals surface area contributed by atoms with E-state index in [0.717, 1.165) is 31.8 Å². The molecule has 1 aromatic rings. The van der Waals surface area contributed by atoms with Crippen LogP contribution in [0.1, 0.15) is 38.6 Å². The van der Waals surface area contributed by atoms with Gasteiger partial charge in [0, 0.05) is 13.1 Å². The Morgan fingerprint density at radius 3 is 2.86 bits per heavy atom. The van der Waals surface area contributed by atoms with E-state index in [1.54, 1.807) is 6.33 Å². The average Bonchev–Trinajstić information content (AvgIpc) is 3.01. The zero-order chi connectivity index (χ0) is 16.2. The van der Waals surface area contributed by atoms with E-state index in [9.17, 15) is 13.2 Å². The molecule has 0 bridgehead atoms. The standard InChI is InChI=1S/C14H23F3N4O/c1-11(2)8-21-10-18-19-13(21)12-4-3-5-20(12)6-7-22-9-14(15,16)17/h10-12H,3-9H2,1-2H3. The third-order valence-corrected chi connectivity index (χ3v) is 3.66. The summed E-state index contributed by atoms with van der Waals surface area (Å²) < 4.78 is 43.0.